The van der Waals surface area contributed by atoms with Crippen molar-refractivity contribution in [1.29, 1.82) is 0 Å². The lowest BCUT2D eigenvalue weighted by atomic mass is 10.2. The molecule has 1 aromatic rings. The number of sulfonamides is 1. The molecule has 2 rings (SSSR count). The standard InChI is InChI=1S/C14H17ClF3N3O3S/c15-12-2-1-10(7-11(12)14(16,17)18)25(23,24)20-6-4-13(22)21-9-3-5-19-8-9/h1-2,7,9,19-20H,3-6,8H2,(H,21,22). The third kappa shape index (κ3) is 5.56. The largest absolute Gasteiger partial charge is 0.417 e. The van der Waals surface area contributed by atoms with Crippen LogP contribution in [0.25, 0.3) is 0 Å². The Morgan fingerprint density at radius 2 is 2.08 bits per heavy atom. The number of halogens is 4. The minimum atomic E-state index is -4.77. The Kier molecular flexibility index (Phi) is 6.30. The van der Waals surface area contributed by atoms with Crippen LogP contribution in [0.2, 0.25) is 5.02 Å². The molecule has 1 aliphatic heterocycles. The summed E-state index contributed by atoms with van der Waals surface area (Å²) < 4.78 is 64.7. The highest BCUT2D eigenvalue weighted by atomic mass is 35.5. The number of hydrogen-bond donors (Lipinski definition) is 3. The van der Waals surface area contributed by atoms with Gasteiger partial charge in [0.05, 0.1) is 15.5 Å². The molecule has 1 atom stereocenters. The van der Waals surface area contributed by atoms with E-state index in [0.717, 1.165) is 25.1 Å². The zero-order valence-corrected chi connectivity index (χ0v) is 14.6. The molecular formula is C14H17ClF3N3O3S. The Morgan fingerprint density at radius 1 is 1.36 bits per heavy atom. The van der Waals surface area contributed by atoms with E-state index in [2.05, 4.69) is 15.4 Å². The average molecular weight is 400 g/mol. The third-order valence-corrected chi connectivity index (χ3v) is 5.41. The van der Waals surface area contributed by atoms with Crippen LogP contribution in [-0.4, -0.2) is 40.0 Å². The smallest absolute Gasteiger partial charge is 0.352 e. The number of rotatable bonds is 6. The molecule has 1 unspecified atom stereocenters. The summed E-state index contributed by atoms with van der Waals surface area (Å²) in [6, 6.07) is 2.33. The first kappa shape index (κ1) is 20.0. The predicted molar refractivity (Wildman–Crippen MR) is 85.7 cm³/mol. The Hall–Kier alpha value is -1.36. The summed E-state index contributed by atoms with van der Waals surface area (Å²) in [5, 5.41) is 5.22. The zero-order chi connectivity index (χ0) is 18.7. The van der Waals surface area contributed by atoms with E-state index in [9.17, 15) is 26.4 Å². The number of carbonyl (C=O) groups is 1. The van der Waals surface area contributed by atoms with Crippen LogP contribution >= 0.6 is 11.6 Å². The average Bonchev–Trinajstić information content (AvgIpc) is 2.98. The number of amides is 1. The molecule has 1 amide bonds. The van der Waals surface area contributed by atoms with Crippen molar-refractivity contribution in [2.24, 2.45) is 0 Å². The summed E-state index contributed by atoms with van der Waals surface area (Å²) in [5.41, 5.74) is -1.23. The molecule has 0 spiro atoms. The van der Waals surface area contributed by atoms with Crippen LogP contribution in [0.15, 0.2) is 23.1 Å². The van der Waals surface area contributed by atoms with E-state index in [4.69, 9.17) is 11.6 Å². The lowest BCUT2D eigenvalue weighted by Gasteiger charge is -2.13. The van der Waals surface area contributed by atoms with Crippen molar-refractivity contribution in [1.82, 2.24) is 15.4 Å². The maximum atomic E-state index is 12.8. The highest BCUT2D eigenvalue weighted by Crippen LogP contribution is 2.35. The molecule has 1 fully saturated rings. The van der Waals surface area contributed by atoms with Gasteiger partial charge in [-0.15, -0.1) is 0 Å². The van der Waals surface area contributed by atoms with Gasteiger partial charge in [-0.25, -0.2) is 13.1 Å². The topological polar surface area (TPSA) is 87.3 Å². The maximum absolute atomic E-state index is 12.8. The Labute approximate surface area is 148 Å². The third-order valence-electron chi connectivity index (χ3n) is 3.62. The Morgan fingerprint density at radius 3 is 2.68 bits per heavy atom. The van der Waals surface area contributed by atoms with Gasteiger partial charge in [-0.1, -0.05) is 11.6 Å². The monoisotopic (exact) mass is 399 g/mol. The summed E-state index contributed by atoms with van der Waals surface area (Å²) in [5.74, 6) is -0.330. The second-order valence-electron chi connectivity index (χ2n) is 5.54. The molecule has 0 aliphatic carbocycles. The van der Waals surface area contributed by atoms with Gasteiger partial charge in [0.15, 0.2) is 0 Å². The summed E-state index contributed by atoms with van der Waals surface area (Å²) in [6.45, 7) is 1.23. The van der Waals surface area contributed by atoms with Gasteiger partial charge in [0, 0.05) is 25.6 Å². The van der Waals surface area contributed by atoms with E-state index in [1.807, 2.05) is 0 Å². The van der Waals surface area contributed by atoms with Crippen LogP contribution in [0.3, 0.4) is 0 Å². The molecule has 0 saturated carbocycles. The van der Waals surface area contributed by atoms with Gasteiger partial charge < -0.3 is 10.6 Å². The van der Waals surface area contributed by atoms with E-state index in [1.165, 1.54) is 0 Å². The van der Waals surface area contributed by atoms with Crippen LogP contribution in [0.1, 0.15) is 18.4 Å². The molecule has 25 heavy (non-hydrogen) atoms. The molecule has 140 valence electrons. The highest BCUT2D eigenvalue weighted by molar-refractivity contribution is 7.89. The van der Waals surface area contributed by atoms with Crippen molar-refractivity contribution in [3.05, 3.63) is 28.8 Å². The van der Waals surface area contributed by atoms with Crippen LogP contribution in [0, 0.1) is 0 Å². The molecule has 11 heteroatoms. The van der Waals surface area contributed by atoms with Gasteiger partial charge in [0.2, 0.25) is 15.9 Å². The SMILES string of the molecule is O=C(CCNS(=O)(=O)c1ccc(Cl)c(C(F)(F)F)c1)NC1CCNC1. The zero-order valence-electron chi connectivity index (χ0n) is 13.0. The normalized spacial score (nSPS) is 18.3. The Balaban J connectivity index is 1.96. The van der Waals surface area contributed by atoms with Gasteiger partial charge in [-0.2, -0.15) is 13.2 Å². The van der Waals surface area contributed by atoms with Crippen LogP contribution < -0.4 is 15.4 Å². The second-order valence-corrected chi connectivity index (χ2v) is 7.72. The van der Waals surface area contributed by atoms with E-state index in [-0.39, 0.29) is 24.9 Å². The van der Waals surface area contributed by atoms with Crippen LogP contribution in [0.4, 0.5) is 13.2 Å². The predicted octanol–water partition coefficient (Wildman–Crippen LogP) is 1.51. The first-order valence-electron chi connectivity index (χ1n) is 7.46. The van der Waals surface area contributed by atoms with E-state index in [1.54, 1.807) is 0 Å². The van der Waals surface area contributed by atoms with Crippen molar-refractivity contribution in [2.45, 2.75) is 30.0 Å². The van der Waals surface area contributed by atoms with Gasteiger partial charge in [0.25, 0.3) is 0 Å². The Bertz CT molecular complexity index is 735. The van der Waals surface area contributed by atoms with Crippen LogP contribution in [-0.2, 0) is 21.0 Å². The highest BCUT2D eigenvalue weighted by Gasteiger charge is 2.34. The van der Waals surface area contributed by atoms with Gasteiger partial charge in [0.1, 0.15) is 0 Å². The number of alkyl halides is 3. The fourth-order valence-corrected chi connectivity index (χ4v) is 3.63. The summed E-state index contributed by atoms with van der Waals surface area (Å²) in [4.78, 5) is 11.1. The van der Waals surface area contributed by atoms with Gasteiger partial charge in [-0.05, 0) is 31.2 Å². The number of nitrogens with one attached hydrogen (secondary N) is 3. The molecule has 1 saturated heterocycles. The lowest BCUT2D eigenvalue weighted by Crippen LogP contribution is -2.38. The van der Waals surface area contributed by atoms with Crippen molar-refractivity contribution < 1.29 is 26.4 Å². The molecule has 1 heterocycles. The molecule has 6 nitrogen and oxygen atoms in total. The number of carbonyl (C=O) groups excluding carboxylic acids is 1. The van der Waals surface area contributed by atoms with E-state index >= 15 is 0 Å². The maximum Gasteiger partial charge on any atom is 0.417 e. The van der Waals surface area contributed by atoms with E-state index < -0.39 is 31.7 Å². The van der Waals surface area contributed by atoms with Crippen LogP contribution in [0.5, 0.6) is 0 Å². The second kappa shape index (κ2) is 7.90. The minimum Gasteiger partial charge on any atom is -0.352 e. The lowest BCUT2D eigenvalue weighted by molar-refractivity contribution is -0.137. The number of hydrogen-bond acceptors (Lipinski definition) is 4. The van der Waals surface area contributed by atoms with Crippen molar-refractivity contribution >= 4 is 27.5 Å². The molecule has 3 N–H and O–H groups in total. The quantitative estimate of drug-likeness (QED) is 0.676. The fourth-order valence-electron chi connectivity index (χ4n) is 2.35. The summed E-state index contributed by atoms with van der Waals surface area (Å²) in [7, 11) is -4.18. The van der Waals surface area contributed by atoms with Crippen molar-refractivity contribution in [3.63, 3.8) is 0 Å². The first-order valence-corrected chi connectivity index (χ1v) is 9.32. The molecule has 0 aromatic heterocycles. The molecular weight excluding hydrogens is 383 g/mol. The molecule has 1 aromatic carbocycles. The molecule has 0 bridgehead atoms. The van der Waals surface area contributed by atoms with Crippen molar-refractivity contribution in [3.8, 4) is 0 Å². The molecule has 0 radical (unpaired) electrons. The summed E-state index contributed by atoms with van der Waals surface area (Å²) in [6.07, 6.45) is -4.09. The fraction of sp³-hybridized carbons (Fsp3) is 0.500. The minimum absolute atomic E-state index is 0.00900. The first-order chi connectivity index (χ1) is 11.6. The van der Waals surface area contributed by atoms with Gasteiger partial charge in [-0.3, -0.25) is 4.79 Å². The van der Waals surface area contributed by atoms with Gasteiger partial charge >= 0.3 is 6.18 Å². The number of benzene rings is 1. The summed E-state index contributed by atoms with van der Waals surface area (Å²) >= 11 is 5.46. The van der Waals surface area contributed by atoms with E-state index in [0.29, 0.717) is 12.6 Å². The molecule has 1 aliphatic rings. The van der Waals surface area contributed by atoms with Crippen molar-refractivity contribution in [2.75, 3.05) is 19.6 Å².